The maximum atomic E-state index is 13.1. The van der Waals surface area contributed by atoms with Crippen LogP contribution in [0.4, 0.5) is 4.79 Å². The zero-order valence-corrected chi connectivity index (χ0v) is 19.0. The molecule has 4 atom stereocenters. The van der Waals surface area contributed by atoms with E-state index >= 15 is 0 Å². The minimum absolute atomic E-state index is 0.186. The van der Waals surface area contributed by atoms with Crippen molar-refractivity contribution >= 4 is 17.8 Å². The van der Waals surface area contributed by atoms with E-state index in [4.69, 9.17) is 0 Å². The lowest BCUT2D eigenvalue weighted by molar-refractivity contribution is -0.145. The number of urea groups is 1. The number of amides is 4. The molecule has 4 fully saturated rings. The quantitative estimate of drug-likeness (QED) is 0.483. The molecule has 7 heteroatoms. The summed E-state index contributed by atoms with van der Waals surface area (Å²) in [7, 11) is 0. The average molecular weight is 439 g/mol. The van der Waals surface area contributed by atoms with Gasteiger partial charge in [0.25, 0.3) is 0 Å². The first-order chi connectivity index (χ1) is 15.5. The number of piperazine rings is 1. The fourth-order valence-corrected chi connectivity index (χ4v) is 6.37. The standard InChI is InChI=1S/C25H34N4O3/c1-18(22-16-20-7-8-21(22)15-20)29-24(31)23(30)28(25(29)32)17-27-13-11-26(12-14-27)10-9-19-5-3-2-4-6-19/h2-6,18,20-22H,7-17H2,1H3. The predicted molar refractivity (Wildman–Crippen MR) is 121 cm³/mol. The van der Waals surface area contributed by atoms with E-state index in [2.05, 4.69) is 34.1 Å². The Morgan fingerprint density at radius 3 is 2.28 bits per heavy atom. The van der Waals surface area contributed by atoms with Gasteiger partial charge in [-0.15, -0.1) is 0 Å². The molecule has 0 aromatic heterocycles. The molecule has 4 amide bonds. The van der Waals surface area contributed by atoms with Gasteiger partial charge in [-0.25, -0.2) is 9.69 Å². The molecule has 2 aliphatic heterocycles. The van der Waals surface area contributed by atoms with E-state index < -0.39 is 17.8 Å². The Labute approximate surface area is 190 Å². The molecule has 2 aliphatic carbocycles. The molecule has 1 aromatic carbocycles. The number of hydrogen-bond acceptors (Lipinski definition) is 5. The molecule has 7 nitrogen and oxygen atoms in total. The maximum absolute atomic E-state index is 13.1. The van der Waals surface area contributed by atoms with Crippen LogP contribution in [0, 0.1) is 17.8 Å². The van der Waals surface area contributed by atoms with Crippen LogP contribution in [0.1, 0.15) is 38.2 Å². The molecule has 4 unspecified atom stereocenters. The van der Waals surface area contributed by atoms with Crippen LogP contribution in [0.15, 0.2) is 30.3 Å². The molecule has 0 N–H and O–H groups in total. The fourth-order valence-electron chi connectivity index (χ4n) is 6.37. The largest absolute Gasteiger partial charge is 0.335 e. The van der Waals surface area contributed by atoms with Gasteiger partial charge >= 0.3 is 17.8 Å². The molecule has 2 heterocycles. The fraction of sp³-hybridized carbons (Fsp3) is 0.640. The molecule has 32 heavy (non-hydrogen) atoms. The summed E-state index contributed by atoms with van der Waals surface area (Å²) in [6.45, 7) is 6.58. The van der Waals surface area contributed by atoms with E-state index in [1.54, 1.807) is 0 Å². The molecule has 0 radical (unpaired) electrons. The normalized spacial score (nSPS) is 30.0. The third-order valence-electron chi connectivity index (χ3n) is 8.27. The summed E-state index contributed by atoms with van der Waals surface area (Å²) in [5.41, 5.74) is 1.34. The van der Waals surface area contributed by atoms with Crippen LogP contribution >= 0.6 is 0 Å². The summed E-state index contributed by atoms with van der Waals surface area (Å²) in [4.78, 5) is 45.5. The van der Waals surface area contributed by atoms with Crippen LogP contribution < -0.4 is 0 Å². The number of hydrogen-bond donors (Lipinski definition) is 0. The molecule has 2 bridgehead atoms. The highest BCUT2D eigenvalue weighted by atomic mass is 16.2. The van der Waals surface area contributed by atoms with Gasteiger partial charge in [-0.05, 0) is 55.9 Å². The Balaban J connectivity index is 1.13. The predicted octanol–water partition coefficient (Wildman–Crippen LogP) is 2.42. The van der Waals surface area contributed by atoms with Gasteiger partial charge in [0, 0.05) is 38.8 Å². The molecular formula is C25H34N4O3. The lowest BCUT2D eigenvalue weighted by Crippen LogP contribution is -2.52. The summed E-state index contributed by atoms with van der Waals surface area (Å²) in [5, 5.41) is 0. The molecule has 2 saturated heterocycles. The minimum atomic E-state index is -0.656. The molecule has 172 valence electrons. The van der Waals surface area contributed by atoms with Gasteiger partial charge in [-0.1, -0.05) is 36.8 Å². The summed E-state index contributed by atoms with van der Waals surface area (Å²) >= 11 is 0. The highest BCUT2D eigenvalue weighted by Crippen LogP contribution is 2.50. The van der Waals surface area contributed by atoms with Crippen molar-refractivity contribution in [2.24, 2.45) is 17.8 Å². The van der Waals surface area contributed by atoms with Crippen molar-refractivity contribution in [3.8, 4) is 0 Å². The molecule has 0 spiro atoms. The van der Waals surface area contributed by atoms with Crippen molar-refractivity contribution in [3.05, 3.63) is 35.9 Å². The average Bonchev–Trinajstić information content (AvgIpc) is 3.50. The SMILES string of the molecule is CC(C1CC2CCC1C2)N1C(=O)C(=O)N(CN2CCN(CCc3ccccc3)CC2)C1=O. The van der Waals surface area contributed by atoms with Crippen molar-refractivity contribution in [1.29, 1.82) is 0 Å². The number of carbonyl (C=O) groups excluding carboxylic acids is 3. The first-order valence-electron chi connectivity index (χ1n) is 12.2. The topological polar surface area (TPSA) is 64.2 Å². The van der Waals surface area contributed by atoms with Crippen LogP contribution in [0.25, 0.3) is 0 Å². The van der Waals surface area contributed by atoms with E-state index in [9.17, 15) is 14.4 Å². The van der Waals surface area contributed by atoms with Crippen LogP contribution in [0.5, 0.6) is 0 Å². The van der Waals surface area contributed by atoms with E-state index in [-0.39, 0.29) is 12.7 Å². The lowest BCUT2D eigenvalue weighted by Gasteiger charge is -2.36. The third-order valence-corrected chi connectivity index (χ3v) is 8.27. The Morgan fingerprint density at radius 1 is 0.906 bits per heavy atom. The van der Waals surface area contributed by atoms with E-state index in [1.165, 1.54) is 34.6 Å². The van der Waals surface area contributed by atoms with Crippen LogP contribution in [0.3, 0.4) is 0 Å². The number of nitrogens with zero attached hydrogens (tertiary/aromatic N) is 4. The van der Waals surface area contributed by atoms with Crippen molar-refractivity contribution < 1.29 is 14.4 Å². The summed E-state index contributed by atoms with van der Waals surface area (Å²) in [5.74, 6) is 0.403. The number of carbonyl (C=O) groups is 3. The van der Waals surface area contributed by atoms with Crippen molar-refractivity contribution in [2.75, 3.05) is 39.4 Å². The molecular weight excluding hydrogens is 404 g/mol. The van der Waals surface area contributed by atoms with E-state index in [1.807, 2.05) is 13.0 Å². The van der Waals surface area contributed by atoms with Crippen LogP contribution in [-0.2, 0) is 16.0 Å². The van der Waals surface area contributed by atoms with Gasteiger partial charge in [0.05, 0.1) is 6.67 Å². The first-order valence-corrected chi connectivity index (χ1v) is 12.2. The highest BCUT2D eigenvalue weighted by Gasteiger charge is 2.52. The Kier molecular flexibility index (Phi) is 6.03. The summed E-state index contributed by atoms with van der Waals surface area (Å²) < 4.78 is 0. The second-order valence-corrected chi connectivity index (χ2v) is 10.1. The Bertz CT molecular complexity index is 867. The molecule has 5 rings (SSSR count). The van der Waals surface area contributed by atoms with Gasteiger partial charge in [0.2, 0.25) is 0 Å². The number of rotatable bonds is 7. The lowest BCUT2D eigenvalue weighted by atomic mass is 9.83. The van der Waals surface area contributed by atoms with Gasteiger partial charge in [0.15, 0.2) is 0 Å². The van der Waals surface area contributed by atoms with Crippen LogP contribution in [-0.4, -0.2) is 82.9 Å². The van der Waals surface area contributed by atoms with E-state index in [0.717, 1.165) is 51.5 Å². The van der Waals surface area contributed by atoms with Gasteiger partial charge in [-0.3, -0.25) is 19.4 Å². The third kappa shape index (κ3) is 4.08. The van der Waals surface area contributed by atoms with Gasteiger partial charge < -0.3 is 4.90 Å². The number of imide groups is 2. The Morgan fingerprint density at radius 2 is 1.62 bits per heavy atom. The molecule has 2 saturated carbocycles. The number of benzene rings is 1. The maximum Gasteiger partial charge on any atom is 0.335 e. The van der Waals surface area contributed by atoms with Crippen LogP contribution in [0.2, 0.25) is 0 Å². The summed E-state index contributed by atoms with van der Waals surface area (Å²) in [6.07, 6.45) is 5.80. The minimum Gasteiger partial charge on any atom is -0.300 e. The van der Waals surface area contributed by atoms with Crippen molar-refractivity contribution in [3.63, 3.8) is 0 Å². The monoisotopic (exact) mass is 438 g/mol. The molecule has 4 aliphatic rings. The van der Waals surface area contributed by atoms with Crippen molar-refractivity contribution in [1.82, 2.24) is 19.6 Å². The highest BCUT2D eigenvalue weighted by molar-refractivity contribution is 6.44. The number of fused-ring (bicyclic) bond motifs is 2. The first kappa shape index (κ1) is 21.6. The second kappa shape index (κ2) is 8.94. The van der Waals surface area contributed by atoms with Crippen molar-refractivity contribution in [2.45, 2.75) is 45.1 Å². The second-order valence-electron chi connectivity index (χ2n) is 10.1. The zero-order valence-electron chi connectivity index (χ0n) is 19.0. The van der Waals surface area contributed by atoms with Gasteiger partial charge in [-0.2, -0.15) is 0 Å². The van der Waals surface area contributed by atoms with E-state index in [0.29, 0.717) is 11.8 Å². The zero-order chi connectivity index (χ0) is 22.2. The smallest absolute Gasteiger partial charge is 0.300 e. The summed E-state index contributed by atoms with van der Waals surface area (Å²) in [6, 6.07) is 9.88. The Hall–Kier alpha value is -2.25. The van der Waals surface area contributed by atoms with Gasteiger partial charge in [0.1, 0.15) is 0 Å². The molecule has 1 aromatic rings.